The highest BCUT2D eigenvalue weighted by Crippen LogP contribution is 2.33. The molecule has 0 spiro atoms. The van der Waals surface area contributed by atoms with E-state index in [0.717, 1.165) is 16.9 Å². The van der Waals surface area contributed by atoms with E-state index in [1.54, 1.807) is 13.8 Å². The van der Waals surface area contributed by atoms with E-state index in [9.17, 15) is 14.4 Å². The Morgan fingerprint density at radius 1 is 1.16 bits per heavy atom. The van der Waals surface area contributed by atoms with Gasteiger partial charge in [0, 0.05) is 0 Å². The predicted molar refractivity (Wildman–Crippen MR) is 93.8 cm³/mol. The molecule has 0 aliphatic carbocycles. The van der Waals surface area contributed by atoms with Crippen LogP contribution in [0.3, 0.4) is 0 Å². The lowest BCUT2D eigenvalue weighted by molar-refractivity contribution is 0.0527. The summed E-state index contributed by atoms with van der Waals surface area (Å²) in [5, 5.41) is 2.65. The van der Waals surface area contributed by atoms with Gasteiger partial charge >= 0.3 is 12.1 Å². The van der Waals surface area contributed by atoms with Gasteiger partial charge in [0.2, 0.25) is 0 Å². The highest BCUT2D eigenvalue weighted by atomic mass is 32.1. The number of primary amides is 1. The minimum atomic E-state index is -0.744. The van der Waals surface area contributed by atoms with Gasteiger partial charge in [-0.05, 0) is 25.0 Å². The zero-order chi connectivity index (χ0) is 18.4. The van der Waals surface area contributed by atoms with Crippen molar-refractivity contribution >= 4 is 34.3 Å². The lowest BCUT2D eigenvalue weighted by Crippen LogP contribution is -2.16. The molecule has 25 heavy (non-hydrogen) atoms. The van der Waals surface area contributed by atoms with Crippen molar-refractivity contribution in [1.29, 1.82) is 0 Å². The summed E-state index contributed by atoms with van der Waals surface area (Å²) < 4.78 is 10.1. The molecule has 0 aliphatic rings. The Balaban J connectivity index is 2.16. The first-order chi connectivity index (χ1) is 11.9. The molecule has 7 nitrogen and oxygen atoms in total. The second-order valence-electron chi connectivity index (χ2n) is 5.03. The quantitative estimate of drug-likeness (QED) is 0.768. The molecule has 2 rings (SSSR count). The van der Waals surface area contributed by atoms with Crippen molar-refractivity contribution in [2.24, 2.45) is 5.73 Å². The van der Waals surface area contributed by atoms with E-state index in [4.69, 9.17) is 15.2 Å². The van der Waals surface area contributed by atoms with E-state index in [-0.39, 0.29) is 28.7 Å². The third kappa shape index (κ3) is 4.57. The smallest absolute Gasteiger partial charge is 0.412 e. The zero-order valence-corrected chi connectivity index (χ0v) is 14.6. The number of nitrogens with two attached hydrogens (primary N) is 1. The minimum Gasteiger partial charge on any atom is -0.462 e. The summed E-state index contributed by atoms with van der Waals surface area (Å²) in [5.41, 5.74) is 6.61. The van der Waals surface area contributed by atoms with Gasteiger partial charge in [-0.3, -0.25) is 10.1 Å². The van der Waals surface area contributed by atoms with Crippen LogP contribution in [0, 0.1) is 6.92 Å². The summed E-state index contributed by atoms with van der Waals surface area (Å²) in [5.74, 6) is -1.32. The molecule has 1 aromatic carbocycles. The second-order valence-corrected chi connectivity index (χ2v) is 6.05. The van der Waals surface area contributed by atoms with Crippen LogP contribution >= 0.6 is 11.3 Å². The van der Waals surface area contributed by atoms with E-state index >= 15 is 0 Å². The molecule has 1 aromatic heterocycles. The number of carbonyl (C=O) groups excluding carboxylic acids is 3. The maximum atomic E-state index is 12.1. The Morgan fingerprint density at radius 2 is 1.84 bits per heavy atom. The summed E-state index contributed by atoms with van der Waals surface area (Å²) in [6.45, 7) is 3.48. The third-order valence-electron chi connectivity index (χ3n) is 3.28. The van der Waals surface area contributed by atoms with Crippen molar-refractivity contribution in [2.45, 2.75) is 20.5 Å². The van der Waals surface area contributed by atoms with Gasteiger partial charge in [-0.2, -0.15) is 0 Å². The van der Waals surface area contributed by atoms with Gasteiger partial charge < -0.3 is 15.2 Å². The normalized spacial score (nSPS) is 10.2. The van der Waals surface area contributed by atoms with Crippen LogP contribution in [0.5, 0.6) is 0 Å². The Kier molecular flexibility index (Phi) is 6.13. The number of hydrogen-bond acceptors (Lipinski definition) is 6. The standard InChI is InChI=1S/C17H18N2O5S/c1-3-23-16(21)12-10(2)13(14(18)20)25-15(12)19-17(22)24-9-11-7-5-4-6-8-11/h4-8H,3,9H2,1-2H3,(H2,18,20)(H,19,22). The number of anilines is 1. The van der Waals surface area contributed by atoms with Crippen LogP contribution in [-0.2, 0) is 16.1 Å². The van der Waals surface area contributed by atoms with Gasteiger partial charge in [-0.25, -0.2) is 9.59 Å². The third-order valence-corrected chi connectivity index (χ3v) is 4.50. The van der Waals surface area contributed by atoms with Crippen LogP contribution in [0.15, 0.2) is 30.3 Å². The fraction of sp³-hybridized carbons (Fsp3) is 0.235. The monoisotopic (exact) mass is 362 g/mol. The first-order valence-corrected chi connectivity index (χ1v) is 8.33. The number of nitrogens with one attached hydrogen (secondary N) is 1. The van der Waals surface area contributed by atoms with Crippen molar-refractivity contribution in [2.75, 3.05) is 11.9 Å². The highest BCUT2D eigenvalue weighted by Gasteiger charge is 2.25. The molecule has 0 saturated heterocycles. The molecule has 0 atom stereocenters. The molecular formula is C17H18N2O5S. The molecule has 2 aromatic rings. The van der Waals surface area contributed by atoms with E-state index < -0.39 is 18.0 Å². The molecule has 0 saturated carbocycles. The number of esters is 1. The van der Waals surface area contributed by atoms with Crippen molar-refractivity contribution in [3.8, 4) is 0 Å². The van der Waals surface area contributed by atoms with Crippen molar-refractivity contribution in [3.05, 3.63) is 51.9 Å². The van der Waals surface area contributed by atoms with Gasteiger partial charge in [-0.15, -0.1) is 11.3 Å². The minimum absolute atomic E-state index is 0.0778. The van der Waals surface area contributed by atoms with Crippen LogP contribution < -0.4 is 11.1 Å². The van der Waals surface area contributed by atoms with Crippen molar-refractivity contribution in [3.63, 3.8) is 0 Å². The molecule has 132 valence electrons. The van der Waals surface area contributed by atoms with Crippen LogP contribution in [0.2, 0.25) is 0 Å². The maximum absolute atomic E-state index is 12.1. The molecule has 0 radical (unpaired) electrons. The average Bonchev–Trinajstić information content (AvgIpc) is 2.90. The number of amides is 2. The van der Waals surface area contributed by atoms with E-state index in [1.165, 1.54) is 0 Å². The molecule has 0 unspecified atom stereocenters. The summed E-state index contributed by atoms with van der Waals surface area (Å²) >= 11 is 0.911. The summed E-state index contributed by atoms with van der Waals surface area (Å²) in [6.07, 6.45) is -0.744. The molecule has 1 heterocycles. The van der Waals surface area contributed by atoms with Crippen molar-refractivity contribution in [1.82, 2.24) is 0 Å². The number of thiophene rings is 1. The topological polar surface area (TPSA) is 108 Å². The Hall–Kier alpha value is -2.87. The summed E-state index contributed by atoms with van der Waals surface area (Å²) in [6, 6.07) is 9.15. The SMILES string of the molecule is CCOC(=O)c1c(NC(=O)OCc2ccccc2)sc(C(N)=O)c1C. The lowest BCUT2D eigenvalue weighted by atomic mass is 10.1. The first-order valence-electron chi connectivity index (χ1n) is 7.52. The molecular weight excluding hydrogens is 344 g/mol. The van der Waals surface area contributed by atoms with Gasteiger partial charge in [-0.1, -0.05) is 30.3 Å². The Labute approximate surface area is 148 Å². The van der Waals surface area contributed by atoms with Gasteiger partial charge in [0.15, 0.2) is 0 Å². The van der Waals surface area contributed by atoms with Crippen LogP contribution in [0.4, 0.5) is 9.80 Å². The van der Waals surface area contributed by atoms with Gasteiger partial charge in [0.1, 0.15) is 11.6 Å². The lowest BCUT2D eigenvalue weighted by Gasteiger charge is -2.08. The van der Waals surface area contributed by atoms with Crippen LogP contribution in [0.1, 0.15) is 38.1 Å². The van der Waals surface area contributed by atoms with Gasteiger partial charge in [0.05, 0.1) is 17.0 Å². The zero-order valence-electron chi connectivity index (χ0n) is 13.8. The second kappa shape index (κ2) is 8.29. The number of carbonyl (C=O) groups is 3. The average molecular weight is 362 g/mol. The number of ether oxygens (including phenoxy) is 2. The molecule has 0 fully saturated rings. The molecule has 0 bridgehead atoms. The molecule has 0 aliphatic heterocycles. The summed E-state index contributed by atoms with van der Waals surface area (Å²) in [7, 11) is 0. The fourth-order valence-electron chi connectivity index (χ4n) is 2.14. The summed E-state index contributed by atoms with van der Waals surface area (Å²) in [4.78, 5) is 35.8. The Bertz CT molecular complexity index is 786. The van der Waals surface area contributed by atoms with Crippen LogP contribution in [0.25, 0.3) is 0 Å². The fourth-order valence-corrected chi connectivity index (χ4v) is 3.17. The number of rotatable bonds is 6. The van der Waals surface area contributed by atoms with E-state index in [2.05, 4.69) is 5.32 Å². The van der Waals surface area contributed by atoms with Crippen LogP contribution in [-0.4, -0.2) is 24.6 Å². The molecule has 8 heteroatoms. The highest BCUT2D eigenvalue weighted by molar-refractivity contribution is 7.18. The first kappa shape index (κ1) is 18.5. The van der Waals surface area contributed by atoms with E-state index in [1.807, 2.05) is 30.3 Å². The largest absolute Gasteiger partial charge is 0.462 e. The van der Waals surface area contributed by atoms with Gasteiger partial charge in [0.25, 0.3) is 5.91 Å². The van der Waals surface area contributed by atoms with Crippen molar-refractivity contribution < 1.29 is 23.9 Å². The number of hydrogen-bond donors (Lipinski definition) is 2. The molecule has 2 amide bonds. The molecule has 3 N–H and O–H groups in total. The predicted octanol–water partition coefficient (Wildman–Crippen LogP) is 3.08. The Morgan fingerprint density at radius 3 is 2.44 bits per heavy atom. The van der Waals surface area contributed by atoms with E-state index in [0.29, 0.717) is 5.56 Å². The maximum Gasteiger partial charge on any atom is 0.412 e. The number of benzene rings is 1.